The minimum absolute atomic E-state index is 0.112. The third-order valence-corrected chi connectivity index (χ3v) is 12.5. The standard InChI is InChI=1S/C45H55N9O6/c1-7-52-34-15-13-27(33-22-47-42(49-33)35-10-8-16-53(35)43(57)38(24(2)3)50-37(56)23-55)19-30(34)31-20-28-18-26(12-14-29(28)40(31)52)32-21-46-41(48-32)36-11-9-17-54(36)44(58)39(25(4)5)51-45(59)60-6/h12-15,18-19,21-22,24-25,35-36,38-39,55H,7-11,16-17,20,23H2,1-6H3,(H,46,48)(H,47,49)(H,50,56)(H,51,59)/t35-,36-,38-,39-/m0/s1. The number of aryl methyl sites for hydroxylation is 1. The van der Waals surface area contributed by atoms with Crippen LogP contribution in [0.1, 0.15) is 95.2 Å². The number of fused-ring (bicyclic) bond motifs is 5. The molecule has 8 rings (SSSR count). The zero-order valence-electron chi connectivity index (χ0n) is 35.2. The second-order valence-electron chi connectivity index (χ2n) is 16.9. The Kier molecular flexibility index (Phi) is 11.3. The molecule has 60 heavy (non-hydrogen) atoms. The van der Waals surface area contributed by atoms with Crippen molar-refractivity contribution in [2.75, 3.05) is 26.8 Å². The monoisotopic (exact) mass is 817 g/mol. The number of aliphatic hydroxyl groups is 1. The van der Waals surface area contributed by atoms with Crippen LogP contribution in [0, 0.1) is 11.8 Å². The van der Waals surface area contributed by atoms with Crippen LogP contribution in [0.5, 0.6) is 0 Å². The lowest BCUT2D eigenvalue weighted by molar-refractivity contribution is -0.139. The maximum absolute atomic E-state index is 13.7. The van der Waals surface area contributed by atoms with Gasteiger partial charge in [-0.05, 0) is 79.3 Å². The van der Waals surface area contributed by atoms with Crippen molar-refractivity contribution in [3.63, 3.8) is 0 Å². The highest BCUT2D eigenvalue weighted by atomic mass is 16.5. The van der Waals surface area contributed by atoms with E-state index in [1.165, 1.54) is 40.4 Å². The molecule has 1 aliphatic carbocycles. The summed E-state index contributed by atoms with van der Waals surface area (Å²) in [5.41, 5.74) is 9.91. The van der Waals surface area contributed by atoms with E-state index in [0.29, 0.717) is 18.9 Å². The molecule has 2 saturated heterocycles. The number of alkyl carbamates (subject to hydrolysis) is 1. The van der Waals surface area contributed by atoms with Crippen molar-refractivity contribution in [2.45, 2.75) is 97.4 Å². The number of nitrogens with zero attached hydrogens (tertiary/aromatic N) is 5. The zero-order valence-corrected chi connectivity index (χ0v) is 35.2. The molecule has 15 heteroatoms. The van der Waals surface area contributed by atoms with Gasteiger partial charge in [-0.15, -0.1) is 0 Å². The lowest BCUT2D eigenvalue weighted by atomic mass is 10.0. The van der Waals surface area contributed by atoms with Crippen molar-refractivity contribution in [2.24, 2.45) is 11.8 Å². The van der Waals surface area contributed by atoms with Gasteiger partial charge in [-0.1, -0.05) is 45.9 Å². The molecular weight excluding hydrogens is 763 g/mol. The number of nitrogens with one attached hydrogen (secondary N) is 4. The van der Waals surface area contributed by atoms with E-state index in [0.717, 1.165) is 67.0 Å². The number of aliphatic hydroxyl groups excluding tert-OH is 1. The molecule has 2 aromatic carbocycles. The number of ether oxygens (including phenoxy) is 1. The second-order valence-corrected chi connectivity index (χ2v) is 16.9. The van der Waals surface area contributed by atoms with Crippen LogP contribution in [0.3, 0.4) is 0 Å². The number of methoxy groups -OCH3 is 1. The van der Waals surface area contributed by atoms with Gasteiger partial charge in [-0.25, -0.2) is 14.8 Å². The van der Waals surface area contributed by atoms with E-state index < -0.39 is 30.7 Å². The van der Waals surface area contributed by atoms with E-state index in [2.05, 4.69) is 68.5 Å². The Morgan fingerprint density at radius 2 is 1.40 bits per heavy atom. The number of hydrogen-bond acceptors (Lipinski definition) is 8. The maximum Gasteiger partial charge on any atom is 0.407 e. The predicted octanol–water partition coefficient (Wildman–Crippen LogP) is 5.85. The molecule has 0 saturated carbocycles. The Labute approximate surface area is 349 Å². The van der Waals surface area contributed by atoms with Crippen LogP contribution in [-0.2, 0) is 32.1 Å². The number of aromatic nitrogens is 5. The summed E-state index contributed by atoms with van der Waals surface area (Å²) in [7, 11) is 1.30. The summed E-state index contributed by atoms with van der Waals surface area (Å²) in [6.07, 6.45) is 7.05. The number of aromatic amines is 2. The van der Waals surface area contributed by atoms with E-state index in [1.807, 2.05) is 45.0 Å². The average Bonchev–Trinajstić information content (AvgIpc) is 4.10. The van der Waals surface area contributed by atoms with E-state index in [4.69, 9.17) is 14.7 Å². The Morgan fingerprint density at radius 1 is 0.833 bits per heavy atom. The van der Waals surface area contributed by atoms with E-state index >= 15 is 0 Å². The third kappa shape index (κ3) is 7.33. The number of H-pyrrole nitrogens is 2. The van der Waals surface area contributed by atoms with Crippen LogP contribution in [0.4, 0.5) is 4.79 Å². The van der Waals surface area contributed by atoms with Gasteiger partial charge in [0.2, 0.25) is 17.7 Å². The molecule has 15 nitrogen and oxygen atoms in total. The molecule has 5 heterocycles. The highest BCUT2D eigenvalue weighted by Gasteiger charge is 2.39. The molecule has 5 aromatic rings. The molecule has 0 radical (unpaired) electrons. The lowest BCUT2D eigenvalue weighted by Crippen LogP contribution is -2.51. The summed E-state index contributed by atoms with van der Waals surface area (Å²) >= 11 is 0. The van der Waals surface area contributed by atoms with Gasteiger partial charge in [0.1, 0.15) is 30.3 Å². The quantitative estimate of drug-likeness (QED) is 0.102. The molecule has 2 aliphatic heterocycles. The number of imidazole rings is 2. The molecule has 3 aliphatic rings. The van der Waals surface area contributed by atoms with Crippen LogP contribution in [0.25, 0.3) is 44.7 Å². The van der Waals surface area contributed by atoms with Gasteiger partial charge < -0.3 is 44.8 Å². The van der Waals surface area contributed by atoms with E-state index in [-0.39, 0.29) is 35.7 Å². The summed E-state index contributed by atoms with van der Waals surface area (Å²) in [6.45, 7) is 11.1. The fourth-order valence-corrected chi connectivity index (χ4v) is 9.46. The molecule has 4 atom stereocenters. The first-order valence-electron chi connectivity index (χ1n) is 21.2. The fraction of sp³-hybridized carbons (Fsp3) is 0.467. The Balaban J connectivity index is 1.02. The molecule has 0 spiro atoms. The van der Waals surface area contributed by atoms with Crippen LogP contribution < -0.4 is 10.6 Å². The minimum Gasteiger partial charge on any atom is -0.453 e. The van der Waals surface area contributed by atoms with E-state index in [1.54, 1.807) is 4.90 Å². The van der Waals surface area contributed by atoms with Crippen molar-refractivity contribution in [3.05, 3.63) is 71.6 Å². The highest BCUT2D eigenvalue weighted by molar-refractivity contribution is 5.98. The number of hydrogen-bond donors (Lipinski definition) is 5. The Hall–Kier alpha value is -5.96. The second kappa shape index (κ2) is 16.6. The van der Waals surface area contributed by atoms with E-state index in [9.17, 15) is 24.3 Å². The molecule has 316 valence electrons. The summed E-state index contributed by atoms with van der Waals surface area (Å²) in [6, 6.07) is 11.2. The number of benzene rings is 2. The van der Waals surface area contributed by atoms with Gasteiger partial charge in [-0.3, -0.25) is 14.4 Å². The largest absolute Gasteiger partial charge is 0.453 e. The van der Waals surface area contributed by atoms with Crippen molar-refractivity contribution in [3.8, 4) is 33.8 Å². The number of carbonyl (C=O) groups is 4. The summed E-state index contributed by atoms with van der Waals surface area (Å²) in [5.74, 6) is 0.322. The minimum atomic E-state index is -0.731. The molecule has 0 bridgehead atoms. The van der Waals surface area contributed by atoms with Gasteiger partial charge >= 0.3 is 6.09 Å². The molecule has 4 amide bonds. The van der Waals surface area contributed by atoms with Crippen molar-refractivity contribution in [1.82, 2.24) is 44.9 Å². The molecule has 5 N–H and O–H groups in total. The number of amides is 4. The van der Waals surface area contributed by atoms with Crippen molar-refractivity contribution in [1.29, 1.82) is 0 Å². The topological polar surface area (TPSA) is 191 Å². The average molecular weight is 818 g/mol. The van der Waals surface area contributed by atoms with Crippen LogP contribution >= 0.6 is 0 Å². The summed E-state index contributed by atoms with van der Waals surface area (Å²) < 4.78 is 7.18. The van der Waals surface area contributed by atoms with Gasteiger partial charge in [0.25, 0.3) is 0 Å². The Bertz CT molecular complexity index is 2450. The van der Waals surface area contributed by atoms with Crippen molar-refractivity contribution >= 4 is 34.7 Å². The normalized spacial score (nSPS) is 18.3. The SMILES string of the molecule is CCn1c2c(c3cc(-c4cnc([C@@H]5CCCN5C(=O)[C@@H](NC(=O)CO)C(C)C)[nH]4)ccc31)Cc1cc(-c3cnc([C@@H]4CCCN4C(=O)[C@@H](NC(=O)OC)C(C)C)[nH]3)ccc1-2. The predicted molar refractivity (Wildman–Crippen MR) is 226 cm³/mol. The lowest BCUT2D eigenvalue weighted by Gasteiger charge is -2.30. The van der Waals surface area contributed by atoms with Gasteiger partial charge in [-0.2, -0.15) is 0 Å². The number of likely N-dealkylation sites (tertiary alicyclic amines) is 2. The summed E-state index contributed by atoms with van der Waals surface area (Å²) in [5, 5.41) is 15.9. The first-order valence-corrected chi connectivity index (χ1v) is 21.2. The van der Waals surface area contributed by atoms with Crippen LogP contribution in [-0.4, -0.2) is 102 Å². The molecule has 0 unspecified atom stereocenters. The van der Waals surface area contributed by atoms with Gasteiger partial charge in [0.05, 0.1) is 48.7 Å². The van der Waals surface area contributed by atoms with Crippen LogP contribution in [0.15, 0.2) is 48.8 Å². The van der Waals surface area contributed by atoms with Crippen molar-refractivity contribution < 1.29 is 29.0 Å². The number of carbonyl (C=O) groups excluding carboxylic acids is 4. The fourth-order valence-electron chi connectivity index (χ4n) is 9.46. The van der Waals surface area contributed by atoms with Gasteiger partial charge in [0, 0.05) is 48.1 Å². The summed E-state index contributed by atoms with van der Waals surface area (Å²) in [4.78, 5) is 71.7. The third-order valence-electron chi connectivity index (χ3n) is 12.5. The first kappa shape index (κ1) is 40.8. The zero-order chi connectivity index (χ0) is 42.4. The maximum atomic E-state index is 13.7. The first-order chi connectivity index (χ1) is 28.9. The molecular formula is C45H55N9O6. The van der Waals surface area contributed by atoms with Gasteiger partial charge in [0.15, 0.2) is 0 Å². The molecule has 3 aromatic heterocycles. The smallest absolute Gasteiger partial charge is 0.407 e. The highest BCUT2D eigenvalue weighted by Crippen LogP contribution is 2.45. The number of rotatable bonds is 12. The Morgan fingerprint density at radius 3 is 1.95 bits per heavy atom. The molecule has 2 fully saturated rings. The van der Waals surface area contributed by atoms with Crippen LogP contribution in [0.2, 0.25) is 0 Å².